The summed E-state index contributed by atoms with van der Waals surface area (Å²) in [6.07, 6.45) is 5.83. The molecule has 9 nitrogen and oxygen atoms in total. The number of rotatable bonds is 14. The lowest BCUT2D eigenvalue weighted by Gasteiger charge is -2.47. The zero-order chi connectivity index (χ0) is 54.7. The monoisotopic (exact) mass is 1140 g/mol. The number of carbonyl (C=O) groups excluding carboxylic acids is 1. The molecule has 6 aromatic rings. The highest BCUT2D eigenvalue weighted by Crippen LogP contribution is 2.45. The van der Waals surface area contributed by atoms with Gasteiger partial charge in [0.2, 0.25) is 0 Å². The number of urea groups is 1. The lowest BCUT2D eigenvalue weighted by atomic mass is 9.71. The van der Waals surface area contributed by atoms with Crippen molar-refractivity contribution in [1.82, 2.24) is 30.2 Å². The van der Waals surface area contributed by atoms with Crippen LogP contribution >= 0.6 is 17.0 Å². The van der Waals surface area contributed by atoms with Gasteiger partial charge in [-0.05, 0) is 169 Å². The second-order valence-electron chi connectivity index (χ2n) is 24.2. The predicted molar refractivity (Wildman–Crippen MR) is 320 cm³/mol. The molecule has 0 spiro atoms. The Morgan fingerprint density at radius 1 is 0.544 bits per heavy atom. The van der Waals surface area contributed by atoms with E-state index in [2.05, 4.69) is 132 Å². The number of piperazine rings is 2. The van der Waals surface area contributed by atoms with E-state index in [9.17, 15) is 23.8 Å². The zero-order valence-electron chi connectivity index (χ0n) is 47.2. The molecule has 4 fully saturated rings. The van der Waals surface area contributed by atoms with Crippen molar-refractivity contribution in [2.24, 2.45) is 0 Å². The van der Waals surface area contributed by atoms with Gasteiger partial charge in [-0.3, -0.25) is 9.80 Å². The first kappa shape index (κ1) is 58.0. The number of halogens is 3. The molecule has 4 N–H and O–H groups in total. The van der Waals surface area contributed by atoms with Crippen LogP contribution in [0.3, 0.4) is 0 Å². The summed E-state index contributed by atoms with van der Waals surface area (Å²) in [6.45, 7) is 20.3. The minimum atomic E-state index is -0.277. The SMILES string of the molecule is Br.C[C@@H]1CN(C(Cc2ccc(Cc3cccc(F)c3)c(O)c2)c2ccccc2C2(C)CCN(C(=O)N3CCC(C)(c4ccccc4C(Cc4ccc(Cc5cccc(F)c5)c(O)c4)N4C[C@@H](C)NC[C@@H]4C)CC3)CC2)[C@@H](C)CN1. The molecule has 4 aliphatic heterocycles. The van der Waals surface area contributed by atoms with Crippen molar-refractivity contribution >= 4 is 23.0 Å². The summed E-state index contributed by atoms with van der Waals surface area (Å²) in [7, 11) is 0. The van der Waals surface area contributed by atoms with E-state index in [4.69, 9.17) is 0 Å². The Morgan fingerprint density at radius 3 is 1.32 bits per heavy atom. The van der Waals surface area contributed by atoms with Gasteiger partial charge >= 0.3 is 6.03 Å². The Balaban J connectivity index is 0.00000757. The highest BCUT2D eigenvalue weighted by molar-refractivity contribution is 8.93. The summed E-state index contributed by atoms with van der Waals surface area (Å²) in [5.74, 6) is -0.0846. The van der Waals surface area contributed by atoms with Gasteiger partial charge in [0, 0.05) is 101 Å². The number of phenols is 2. The van der Waals surface area contributed by atoms with Crippen molar-refractivity contribution in [1.29, 1.82) is 0 Å². The van der Waals surface area contributed by atoms with Gasteiger partial charge in [0.1, 0.15) is 23.1 Å². The molecule has 420 valence electrons. The Labute approximate surface area is 479 Å². The number of aromatic hydroxyl groups is 2. The van der Waals surface area contributed by atoms with E-state index in [1.54, 1.807) is 12.1 Å². The van der Waals surface area contributed by atoms with Crippen molar-refractivity contribution in [3.05, 3.63) is 201 Å². The molecule has 12 heteroatoms. The van der Waals surface area contributed by atoms with E-state index in [-0.39, 0.29) is 69.1 Å². The molecule has 6 atom stereocenters. The van der Waals surface area contributed by atoms with E-state index >= 15 is 0 Å². The first-order valence-electron chi connectivity index (χ1n) is 28.8. The van der Waals surface area contributed by atoms with Crippen LogP contribution in [0.15, 0.2) is 133 Å². The van der Waals surface area contributed by atoms with E-state index in [0.29, 0.717) is 63.2 Å². The Hall–Kier alpha value is -5.63. The fourth-order valence-electron chi connectivity index (χ4n) is 13.5. The van der Waals surface area contributed by atoms with Crippen LogP contribution in [0.1, 0.15) is 135 Å². The molecule has 4 heterocycles. The average molecular weight is 1140 g/mol. The maximum Gasteiger partial charge on any atom is 0.319 e. The smallest absolute Gasteiger partial charge is 0.319 e. The largest absolute Gasteiger partial charge is 0.508 e. The first-order chi connectivity index (χ1) is 37.5. The molecule has 0 radical (unpaired) electrons. The van der Waals surface area contributed by atoms with Crippen LogP contribution in [0.2, 0.25) is 0 Å². The highest BCUT2D eigenvalue weighted by Gasteiger charge is 2.42. The Morgan fingerprint density at radius 2 is 0.937 bits per heavy atom. The molecule has 2 unspecified atom stereocenters. The molecular formula is C67H83BrF2N6O3. The third-order valence-electron chi connectivity index (χ3n) is 18.4. The molecule has 0 saturated carbocycles. The number of phenolic OH excluding ortho intramolecular Hbond substituents is 2. The molecule has 0 aliphatic carbocycles. The Bertz CT molecular complexity index is 2850. The number of piperidine rings is 2. The predicted octanol–water partition coefficient (Wildman–Crippen LogP) is 12.6. The quantitative estimate of drug-likeness (QED) is 0.0863. The lowest BCUT2D eigenvalue weighted by molar-refractivity contribution is 0.0896. The molecule has 0 bridgehead atoms. The van der Waals surface area contributed by atoms with Gasteiger partial charge in [-0.1, -0.05) is 111 Å². The van der Waals surface area contributed by atoms with Crippen molar-refractivity contribution in [3.8, 4) is 11.5 Å². The topological polar surface area (TPSA) is 94.5 Å². The molecule has 79 heavy (non-hydrogen) atoms. The average Bonchev–Trinajstić information content (AvgIpc) is 3.56. The van der Waals surface area contributed by atoms with Crippen molar-refractivity contribution in [2.75, 3.05) is 52.4 Å². The maximum atomic E-state index is 14.6. The molecule has 2 amide bonds. The molecule has 10 rings (SSSR count). The minimum Gasteiger partial charge on any atom is -0.508 e. The van der Waals surface area contributed by atoms with Crippen LogP contribution in [-0.4, -0.2) is 112 Å². The van der Waals surface area contributed by atoms with E-state index < -0.39 is 0 Å². The summed E-state index contributed by atoms with van der Waals surface area (Å²) in [5.41, 5.74) is 10.4. The van der Waals surface area contributed by atoms with Gasteiger partial charge < -0.3 is 30.6 Å². The third-order valence-corrected chi connectivity index (χ3v) is 18.4. The molecule has 4 aliphatic rings. The normalized spacial score (nSPS) is 22.4. The number of hydrogen-bond donors (Lipinski definition) is 4. The van der Waals surface area contributed by atoms with Crippen LogP contribution in [0.25, 0.3) is 0 Å². The zero-order valence-corrected chi connectivity index (χ0v) is 48.9. The number of hydrogen-bond acceptors (Lipinski definition) is 7. The summed E-state index contributed by atoms with van der Waals surface area (Å²) in [6, 6.07) is 44.7. The van der Waals surface area contributed by atoms with Crippen LogP contribution in [0.4, 0.5) is 13.6 Å². The number of benzene rings is 6. The summed E-state index contributed by atoms with van der Waals surface area (Å²) >= 11 is 0. The van der Waals surface area contributed by atoms with Gasteiger partial charge in [0.15, 0.2) is 0 Å². The Kier molecular flexibility index (Phi) is 18.4. The lowest BCUT2D eigenvalue weighted by Crippen LogP contribution is -2.56. The molecule has 0 aromatic heterocycles. The van der Waals surface area contributed by atoms with Crippen LogP contribution < -0.4 is 10.6 Å². The molecular weight excluding hydrogens is 1050 g/mol. The first-order valence-corrected chi connectivity index (χ1v) is 28.8. The maximum absolute atomic E-state index is 14.6. The van der Waals surface area contributed by atoms with E-state index in [0.717, 1.165) is 98.1 Å². The summed E-state index contributed by atoms with van der Waals surface area (Å²) in [4.78, 5) is 24.2. The van der Waals surface area contributed by atoms with Crippen LogP contribution in [0.5, 0.6) is 11.5 Å². The van der Waals surface area contributed by atoms with Gasteiger partial charge in [0.25, 0.3) is 0 Å². The number of likely N-dealkylation sites (tertiary alicyclic amines) is 2. The second kappa shape index (κ2) is 25.0. The van der Waals surface area contributed by atoms with Gasteiger partial charge in [-0.2, -0.15) is 0 Å². The summed E-state index contributed by atoms with van der Waals surface area (Å²) in [5, 5.41) is 30.1. The standard InChI is InChI=1S/C67H82F2N6O3.BrH/c1-45-43-74(47(3)41-70-45)61(37-51-21-23-53(63(76)39-51)33-49-13-11-15-55(68)35-49)57-17-7-9-19-59(57)66(5)25-29-72(30-26-66)65(78)73-31-27-67(6,28-32-73)60-20-10-8-18-58(60)62(75-44-46(2)71-42-48(75)4)38-52-22-24-54(64(77)40-52)34-50-14-12-16-56(69)36-50;/h7-24,35-36,39-40,45-48,61-62,70-71,76-77H,25-34,37-38,41-44H2,1-6H3;1H/t45-,46-,47+,48+,61?,62?;/m1./s1. The molecule has 4 saturated heterocycles. The molecule has 6 aromatic carbocycles. The van der Waals surface area contributed by atoms with Crippen molar-refractivity contribution in [2.45, 2.75) is 140 Å². The number of carbonyl (C=O) groups is 1. The van der Waals surface area contributed by atoms with Crippen LogP contribution in [-0.2, 0) is 36.5 Å². The fraction of sp³-hybridized carbons (Fsp3) is 0.448. The summed E-state index contributed by atoms with van der Waals surface area (Å²) < 4.78 is 28.1. The number of amides is 2. The number of nitrogens with zero attached hydrogens (tertiary/aromatic N) is 4. The van der Waals surface area contributed by atoms with Crippen LogP contribution in [0, 0.1) is 11.6 Å². The highest BCUT2D eigenvalue weighted by atomic mass is 79.9. The minimum absolute atomic E-state index is 0. The third kappa shape index (κ3) is 13.3. The van der Waals surface area contributed by atoms with E-state index in [1.165, 1.54) is 46.5 Å². The van der Waals surface area contributed by atoms with Gasteiger partial charge in [-0.15, -0.1) is 17.0 Å². The van der Waals surface area contributed by atoms with Crippen molar-refractivity contribution in [3.63, 3.8) is 0 Å². The van der Waals surface area contributed by atoms with E-state index in [1.807, 2.05) is 36.4 Å². The fourth-order valence-corrected chi connectivity index (χ4v) is 13.5. The van der Waals surface area contributed by atoms with Gasteiger partial charge in [-0.25, -0.2) is 13.6 Å². The van der Waals surface area contributed by atoms with Crippen molar-refractivity contribution < 1.29 is 23.8 Å². The second-order valence-corrected chi connectivity index (χ2v) is 24.2. The number of nitrogens with one attached hydrogen (secondary N) is 2. The van der Waals surface area contributed by atoms with Gasteiger partial charge in [0.05, 0.1) is 0 Å².